The Hall–Kier alpha value is -3.55. The molecule has 4 aromatic rings. The van der Waals surface area contributed by atoms with E-state index in [4.69, 9.17) is 4.98 Å². The van der Waals surface area contributed by atoms with Crippen molar-refractivity contribution >= 4 is 16.9 Å². The number of amides is 1. The molecule has 2 aromatic heterocycles. The molecule has 2 heterocycles. The van der Waals surface area contributed by atoms with Gasteiger partial charge in [-0.2, -0.15) is 0 Å². The van der Waals surface area contributed by atoms with Gasteiger partial charge < -0.3 is 9.88 Å². The molecule has 29 heavy (non-hydrogen) atoms. The van der Waals surface area contributed by atoms with Gasteiger partial charge >= 0.3 is 0 Å². The van der Waals surface area contributed by atoms with Gasteiger partial charge in [-0.25, -0.2) is 9.67 Å². The lowest BCUT2D eigenvalue weighted by atomic mass is 10.0. The summed E-state index contributed by atoms with van der Waals surface area (Å²) in [6, 6.07) is 15.0. The molecule has 1 amide bonds. The summed E-state index contributed by atoms with van der Waals surface area (Å²) >= 11 is 0. The van der Waals surface area contributed by atoms with Crippen LogP contribution in [0.1, 0.15) is 42.5 Å². The van der Waals surface area contributed by atoms with Crippen LogP contribution in [-0.4, -0.2) is 35.7 Å². The number of benzene rings is 2. The first kappa shape index (κ1) is 18.8. The lowest BCUT2D eigenvalue weighted by Crippen LogP contribution is -2.31. The van der Waals surface area contributed by atoms with Crippen LogP contribution >= 0.6 is 0 Å². The maximum absolute atomic E-state index is 12.9. The van der Waals surface area contributed by atoms with Crippen LogP contribution in [0.2, 0.25) is 0 Å². The number of imidazole rings is 1. The van der Waals surface area contributed by atoms with Crippen molar-refractivity contribution < 1.29 is 4.79 Å². The van der Waals surface area contributed by atoms with Crippen molar-refractivity contribution in [1.29, 1.82) is 0 Å². The van der Waals surface area contributed by atoms with E-state index in [-0.39, 0.29) is 11.9 Å². The fourth-order valence-corrected chi connectivity index (χ4v) is 3.46. The van der Waals surface area contributed by atoms with Crippen molar-refractivity contribution in [3.63, 3.8) is 0 Å². The van der Waals surface area contributed by atoms with Gasteiger partial charge in [0.15, 0.2) is 0 Å². The molecule has 0 saturated heterocycles. The van der Waals surface area contributed by atoms with E-state index in [9.17, 15) is 4.79 Å². The minimum Gasteiger partial charge on any atom is -0.342 e. The zero-order valence-electron chi connectivity index (χ0n) is 16.6. The number of nitrogens with one attached hydrogen (secondary N) is 1. The van der Waals surface area contributed by atoms with Crippen molar-refractivity contribution in [1.82, 2.24) is 35.1 Å². The predicted molar refractivity (Wildman–Crippen MR) is 110 cm³/mol. The van der Waals surface area contributed by atoms with Crippen LogP contribution in [0.4, 0.5) is 0 Å². The number of carbonyl (C=O) groups excluding carboxylic acids is 1. The number of carbonyl (C=O) groups is 1. The summed E-state index contributed by atoms with van der Waals surface area (Å²) in [7, 11) is 1.99. The van der Waals surface area contributed by atoms with Gasteiger partial charge in [0.1, 0.15) is 12.2 Å². The second kappa shape index (κ2) is 7.83. The van der Waals surface area contributed by atoms with E-state index in [0.29, 0.717) is 11.5 Å². The summed E-state index contributed by atoms with van der Waals surface area (Å²) < 4.78 is 3.60. The van der Waals surface area contributed by atoms with Crippen molar-refractivity contribution in [2.75, 3.05) is 0 Å². The van der Waals surface area contributed by atoms with Gasteiger partial charge in [-0.05, 0) is 59.2 Å². The molecule has 8 heteroatoms. The summed E-state index contributed by atoms with van der Waals surface area (Å²) in [5.74, 6) is 1.13. The smallest absolute Gasteiger partial charge is 0.251 e. The molecule has 148 valence electrons. The molecule has 0 aliphatic heterocycles. The van der Waals surface area contributed by atoms with Crippen molar-refractivity contribution in [3.8, 4) is 5.69 Å². The molecule has 8 nitrogen and oxygen atoms in total. The molecule has 1 atom stereocenters. The Morgan fingerprint density at radius 3 is 2.52 bits per heavy atom. The monoisotopic (exact) mass is 389 g/mol. The summed E-state index contributed by atoms with van der Waals surface area (Å²) in [6.45, 7) is 4.28. The zero-order chi connectivity index (χ0) is 20.4. The zero-order valence-corrected chi connectivity index (χ0v) is 16.6. The molecule has 0 aliphatic carbocycles. The maximum atomic E-state index is 12.9. The average Bonchev–Trinajstić information content (AvgIpc) is 3.36. The van der Waals surface area contributed by atoms with Crippen LogP contribution in [0.15, 0.2) is 54.9 Å². The highest BCUT2D eigenvalue weighted by Gasteiger charge is 2.22. The number of nitrogens with zero attached hydrogens (tertiary/aromatic N) is 6. The number of hydrogen-bond donors (Lipinski definition) is 1. The largest absolute Gasteiger partial charge is 0.342 e. The molecule has 0 aliphatic rings. The van der Waals surface area contributed by atoms with E-state index < -0.39 is 0 Å². The molecule has 2 aromatic carbocycles. The molecule has 0 bridgehead atoms. The molecule has 0 spiro atoms. The van der Waals surface area contributed by atoms with E-state index in [1.807, 2.05) is 43.4 Å². The van der Waals surface area contributed by atoms with Gasteiger partial charge in [0.2, 0.25) is 0 Å². The van der Waals surface area contributed by atoms with Crippen molar-refractivity contribution in [3.05, 3.63) is 66.2 Å². The molecule has 0 radical (unpaired) electrons. The maximum Gasteiger partial charge on any atom is 0.251 e. The average molecular weight is 389 g/mol. The predicted octanol–water partition coefficient (Wildman–Crippen LogP) is 3.07. The minimum atomic E-state index is -0.181. The number of aryl methyl sites for hydroxylation is 1. The molecule has 0 fully saturated rings. The number of rotatable bonds is 6. The Bertz CT molecular complexity index is 1110. The van der Waals surface area contributed by atoms with Crippen LogP contribution in [0, 0.1) is 5.92 Å². The van der Waals surface area contributed by atoms with Gasteiger partial charge in [0.25, 0.3) is 5.91 Å². The van der Waals surface area contributed by atoms with Crippen LogP contribution in [0.25, 0.3) is 16.7 Å². The SMILES string of the molecule is CC(C)C[C@@H](NC(=O)c1ccc(-n2cnnn2)cc1)c1nc2ccccc2n1C. The van der Waals surface area contributed by atoms with Gasteiger partial charge in [-0.1, -0.05) is 26.0 Å². The number of fused-ring (bicyclic) bond motifs is 1. The fourth-order valence-electron chi connectivity index (χ4n) is 3.46. The third-order valence-corrected chi connectivity index (χ3v) is 4.89. The summed E-state index contributed by atoms with van der Waals surface area (Å²) in [5, 5.41) is 14.3. The van der Waals surface area contributed by atoms with Crippen LogP contribution < -0.4 is 5.32 Å². The first-order chi connectivity index (χ1) is 14.0. The van der Waals surface area contributed by atoms with E-state index in [0.717, 1.165) is 29.0 Å². The Balaban J connectivity index is 1.59. The van der Waals surface area contributed by atoms with E-state index >= 15 is 0 Å². The highest BCUT2D eigenvalue weighted by atomic mass is 16.1. The second-order valence-corrected chi connectivity index (χ2v) is 7.47. The first-order valence-electron chi connectivity index (χ1n) is 9.58. The number of hydrogen-bond acceptors (Lipinski definition) is 5. The molecule has 0 saturated carbocycles. The van der Waals surface area contributed by atoms with Crippen LogP contribution in [0.5, 0.6) is 0 Å². The van der Waals surface area contributed by atoms with Crippen LogP contribution in [0.3, 0.4) is 0 Å². The van der Waals surface area contributed by atoms with Gasteiger partial charge in [-0.15, -0.1) is 5.10 Å². The third-order valence-electron chi connectivity index (χ3n) is 4.89. The topological polar surface area (TPSA) is 90.5 Å². The molecule has 1 N–H and O–H groups in total. The highest BCUT2D eigenvalue weighted by Crippen LogP contribution is 2.25. The Kier molecular flexibility index (Phi) is 5.07. The number of aromatic nitrogens is 6. The standard InChI is InChI=1S/C21H23N7O/c1-14(2)12-18(20-23-17-6-4-5-7-19(17)27(20)3)24-21(29)15-8-10-16(11-9-15)28-13-22-25-26-28/h4-11,13-14,18H,12H2,1-3H3,(H,24,29)/t18-/m1/s1. The van der Waals surface area contributed by atoms with Crippen LogP contribution in [-0.2, 0) is 7.05 Å². The Morgan fingerprint density at radius 1 is 1.10 bits per heavy atom. The first-order valence-corrected chi connectivity index (χ1v) is 9.58. The summed E-state index contributed by atoms with van der Waals surface area (Å²) in [4.78, 5) is 17.7. The lowest BCUT2D eigenvalue weighted by Gasteiger charge is -2.20. The highest BCUT2D eigenvalue weighted by molar-refractivity contribution is 5.94. The number of tetrazole rings is 1. The molecular weight excluding hydrogens is 366 g/mol. The molecule has 0 unspecified atom stereocenters. The summed E-state index contributed by atoms with van der Waals surface area (Å²) in [5.41, 5.74) is 3.35. The van der Waals surface area contributed by atoms with E-state index in [2.05, 4.69) is 39.3 Å². The third kappa shape index (κ3) is 3.87. The van der Waals surface area contributed by atoms with Crippen molar-refractivity contribution in [2.24, 2.45) is 13.0 Å². The fraction of sp³-hybridized carbons (Fsp3) is 0.286. The van der Waals surface area contributed by atoms with Crippen molar-refractivity contribution in [2.45, 2.75) is 26.3 Å². The van der Waals surface area contributed by atoms with Gasteiger partial charge in [-0.3, -0.25) is 4.79 Å². The lowest BCUT2D eigenvalue weighted by molar-refractivity contribution is 0.0929. The van der Waals surface area contributed by atoms with E-state index in [1.165, 1.54) is 6.33 Å². The Labute approximate surface area is 168 Å². The minimum absolute atomic E-state index is 0.133. The van der Waals surface area contributed by atoms with Gasteiger partial charge in [0, 0.05) is 12.6 Å². The normalized spacial score (nSPS) is 12.4. The van der Waals surface area contributed by atoms with Gasteiger partial charge in [0.05, 0.1) is 22.8 Å². The quantitative estimate of drug-likeness (QED) is 0.547. The molecular formula is C21H23N7O. The number of para-hydroxylation sites is 2. The Morgan fingerprint density at radius 2 is 1.86 bits per heavy atom. The second-order valence-electron chi connectivity index (χ2n) is 7.47. The molecule has 4 rings (SSSR count). The van der Waals surface area contributed by atoms with E-state index in [1.54, 1.807) is 16.8 Å². The summed E-state index contributed by atoms with van der Waals surface area (Å²) in [6.07, 6.45) is 2.31.